The fourth-order valence-electron chi connectivity index (χ4n) is 11.1. The zero-order chi connectivity index (χ0) is 44.0. The van der Waals surface area contributed by atoms with Crippen molar-refractivity contribution in [2.24, 2.45) is 0 Å². The Balaban J connectivity index is 1.15. The van der Waals surface area contributed by atoms with Crippen molar-refractivity contribution in [1.29, 1.82) is 0 Å². The number of benzene rings is 11. The molecule has 0 saturated heterocycles. The molecule has 3 nitrogen and oxygen atoms in total. The third kappa shape index (κ3) is 5.97. The first kappa shape index (κ1) is 37.6. The Hall–Kier alpha value is -8.73. The van der Waals surface area contributed by atoms with E-state index in [-0.39, 0.29) is 6.71 Å². The van der Waals surface area contributed by atoms with Gasteiger partial charge in [0.15, 0.2) is 0 Å². The van der Waals surface area contributed by atoms with Gasteiger partial charge in [0.25, 0.3) is 6.71 Å². The van der Waals surface area contributed by atoms with E-state index in [9.17, 15) is 0 Å². The molecular weight excluding hydrogens is 810 g/mol. The fraction of sp³-hybridized carbons (Fsp3) is 0. The number of hydrogen-bond donors (Lipinski definition) is 0. The van der Waals surface area contributed by atoms with Crippen LogP contribution >= 0.6 is 0 Å². The van der Waals surface area contributed by atoms with Crippen LogP contribution in [0.15, 0.2) is 243 Å². The number of hydrogen-bond acceptors (Lipinski definition) is 3. The van der Waals surface area contributed by atoms with Gasteiger partial charge >= 0.3 is 0 Å². The highest BCUT2D eigenvalue weighted by Gasteiger charge is 2.45. The molecule has 0 unspecified atom stereocenters. The lowest BCUT2D eigenvalue weighted by molar-refractivity contribution is 1.26. The molecule has 2 aliphatic rings. The highest BCUT2D eigenvalue weighted by Crippen LogP contribution is 2.50. The van der Waals surface area contributed by atoms with Crippen molar-refractivity contribution in [3.8, 4) is 33.6 Å². The Labute approximate surface area is 389 Å². The summed E-state index contributed by atoms with van der Waals surface area (Å²) in [6.07, 6.45) is 0. The zero-order valence-corrected chi connectivity index (χ0v) is 36.5. The Bertz CT molecular complexity index is 3680. The Morgan fingerprint density at radius 1 is 0.299 bits per heavy atom. The lowest BCUT2D eigenvalue weighted by Crippen LogP contribution is -2.61. The third-order valence-electron chi connectivity index (χ3n) is 14.1. The average Bonchev–Trinajstić information content (AvgIpc) is 3.40. The van der Waals surface area contributed by atoms with Gasteiger partial charge < -0.3 is 9.80 Å². The standard InChI is InChI=1S/C63H40BN3/c1-5-17-41(18-6-1)57-37-49(38-58(65-57)42-19-7-2-8-20-42)50-39-59-61-60(40-50)67(52-27-11-4-12-28-52)63-54-36-46-24-16-14-22-44(46)34-48(54)30-32-56(63)64(61)55-31-29-47-33-43-21-13-15-23-45(43)35-53(47)62(55)66(59)51-25-9-3-10-26-51/h1-40H. The summed E-state index contributed by atoms with van der Waals surface area (Å²) in [7, 11) is 0. The van der Waals surface area contributed by atoms with Crippen molar-refractivity contribution in [2.75, 3.05) is 9.80 Å². The van der Waals surface area contributed by atoms with Gasteiger partial charge in [-0.25, -0.2) is 4.98 Å². The molecule has 4 heteroatoms. The molecule has 12 aromatic rings. The van der Waals surface area contributed by atoms with Gasteiger partial charge in [-0.1, -0.05) is 170 Å². The van der Waals surface area contributed by atoms with Gasteiger partial charge in [0, 0.05) is 56.0 Å². The van der Waals surface area contributed by atoms with Gasteiger partial charge in [-0.15, -0.1) is 0 Å². The molecule has 14 rings (SSSR count). The first-order valence-electron chi connectivity index (χ1n) is 23.1. The minimum absolute atomic E-state index is 0.0621. The highest BCUT2D eigenvalue weighted by molar-refractivity contribution is 7.00. The van der Waals surface area contributed by atoms with Crippen molar-refractivity contribution in [2.45, 2.75) is 0 Å². The van der Waals surface area contributed by atoms with Crippen LogP contribution in [0.25, 0.3) is 76.7 Å². The van der Waals surface area contributed by atoms with E-state index in [0.29, 0.717) is 0 Å². The van der Waals surface area contributed by atoms with Crippen LogP contribution in [-0.4, -0.2) is 11.7 Å². The number of nitrogens with zero attached hydrogens (tertiary/aromatic N) is 3. The number of pyridine rings is 1. The van der Waals surface area contributed by atoms with Crippen LogP contribution in [-0.2, 0) is 0 Å². The molecule has 1 aromatic heterocycles. The van der Waals surface area contributed by atoms with E-state index >= 15 is 0 Å². The first-order valence-corrected chi connectivity index (χ1v) is 23.1. The first-order chi connectivity index (χ1) is 33.2. The number of anilines is 6. The quantitative estimate of drug-likeness (QED) is 0.127. The van der Waals surface area contributed by atoms with Crippen molar-refractivity contribution in [3.63, 3.8) is 0 Å². The van der Waals surface area contributed by atoms with Crippen molar-refractivity contribution in [3.05, 3.63) is 243 Å². The number of aromatic nitrogens is 1. The summed E-state index contributed by atoms with van der Waals surface area (Å²) in [5, 5.41) is 9.85. The Morgan fingerprint density at radius 2 is 0.672 bits per heavy atom. The van der Waals surface area contributed by atoms with Crippen molar-refractivity contribution >= 4 is 100 Å². The molecule has 310 valence electrons. The molecule has 0 bridgehead atoms. The molecule has 0 amide bonds. The number of rotatable bonds is 5. The van der Waals surface area contributed by atoms with Crippen LogP contribution in [0.2, 0.25) is 0 Å². The van der Waals surface area contributed by atoms with Gasteiger partial charge in [-0.3, -0.25) is 0 Å². The lowest BCUT2D eigenvalue weighted by Gasteiger charge is -2.45. The summed E-state index contributed by atoms with van der Waals surface area (Å²) in [6.45, 7) is -0.0621. The maximum absolute atomic E-state index is 5.33. The van der Waals surface area contributed by atoms with Gasteiger partial charge in [0.1, 0.15) is 0 Å². The topological polar surface area (TPSA) is 19.4 Å². The average molecular weight is 850 g/mol. The number of fused-ring (bicyclic) bond motifs is 10. The third-order valence-corrected chi connectivity index (χ3v) is 14.1. The summed E-state index contributed by atoms with van der Waals surface area (Å²) in [5.41, 5.74) is 17.2. The molecule has 67 heavy (non-hydrogen) atoms. The second-order valence-corrected chi connectivity index (χ2v) is 17.9. The highest BCUT2D eigenvalue weighted by atomic mass is 15.2. The van der Waals surface area contributed by atoms with Crippen molar-refractivity contribution in [1.82, 2.24) is 4.98 Å². The molecule has 0 saturated carbocycles. The molecule has 0 spiro atoms. The molecule has 0 N–H and O–H groups in total. The summed E-state index contributed by atoms with van der Waals surface area (Å²) in [6, 6.07) is 89.3. The smallest absolute Gasteiger partial charge is 0.252 e. The maximum atomic E-state index is 5.33. The SMILES string of the molecule is c1ccc(-c2cc(-c3cc4c5c(c3)N(c3ccccc3)c3c(ccc6cc7ccccc7cc36)B5c3ccc5cc6ccccc6cc5c3N4c3ccccc3)cc(-c3ccccc3)n2)cc1. The Morgan fingerprint density at radius 3 is 1.10 bits per heavy atom. The van der Waals surface area contributed by atoms with Crippen LogP contribution in [0.3, 0.4) is 0 Å². The molecule has 0 radical (unpaired) electrons. The summed E-state index contributed by atoms with van der Waals surface area (Å²) in [4.78, 5) is 10.5. The molecule has 0 fully saturated rings. The molecule has 2 aliphatic heterocycles. The summed E-state index contributed by atoms with van der Waals surface area (Å²) < 4.78 is 0. The van der Waals surface area contributed by atoms with E-state index in [1.807, 2.05) is 0 Å². The van der Waals surface area contributed by atoms with E-state index in [2.05, 4.69) is 252 Å². The van der Waals surface area contributed by atoms with Crippen LogP contribution in [0.5, 0.6) is 0 Å². The molecule has 11 aromatic carbocycles. The summed E-state index contributed by atoms with van der Waals surface area (Å²) >= 11 is 0. The molecular formula is C63H40BN3. The monoisotopic (exact) mass is 849 g/mol. The summed E-state index contributed by atoms with van der Waals surface area (Å²) in [5.74, 6) is 0. The lowest BCUT2D eigenvalue weighted by atomic mass is 9.33. The normalized spacial score (nSPS) is 12.7. The molecule has 0 aliphatic carbocycles. The van der Waals surface area contributed by atoms with Gasteiger partial charge in [-0.05, 0) is 133 Å². The van der Waals surface area contributed by atoms with Crippen molar-refractivity contribution < 1.29 is 0 Å². The maximum Gasteiger partial charge on any atom is 0.252 e. The molecule has 3 heterocycles. The van der Waals surface area contributed by atoms with E-state index in [4.69, 9.17) is 4.98 Å². The van der Waals surface area contributed by atoms with Crippen LogP contribution in [0, 0.1) is 0 Å². The fourth-order valence-corrected chi connectivity index (χ4v) is 11.1. The predicted octanol–water partition coefficient (Wildman–Crippen LogP) is 14.8. The zero-order valence-electron chi connectivity index (χ0n) is 36.5. The second kappa shape index (κ2) is 14.9. The molecule has 0 atom stereocenters. The van der Waals surface area contributed by atoms with E-state index < -0.39 is 0 Å². The number of para-hydroxylation sites is 2. The van der Waals surface area contributed by atoms with E-state index in [0.717, 1.165) is 45.0 Å². The van der Waals surface area contributed by atoms with Gasteiger partial charge in [-0.2, -0.15) is 0 Å². The largest absolute Gasteiger partial charge is 0.311 e. The minimum atomic E-state index is -0.0621. The minimum Gasteiger partial charge on any atom is -0.311 e. The van der Waals surface area contributed by atoms with Crippen LogP contribution in [0.1, 0.15) is 0 Å². The second-order valence-electron chi connectivity index (χ2n) is 17.9. The van der Waals surface area contributed by atoms with E-state index in [1.165, 1.54) is 82.2 Å². The Kier molecular flexibility index (Phi) is 8.38. The predicted molar refractivity (Wildman–Crippen MR) is 285 cm³/mol. The van der Waals surface area contributed by atoms with Crippen LogP contribution in [0.4, 0.5) is 34.1 Å². The van der Waals surface area contributed by atoms with Gasteiger partial charge in [0.2, 0.25) is 0 Å². The van der Waals surface area contributed by atoms with Crippen LogP contribution < -0.4 is 26.2 Å². The van der Waals surface area contributed by atoms with E-state index in [1.54, 1.807) is 0 Å². The van der Waals surface area contributed by atoms with Gasteiger partial charge in [0.05, 0.1) is 11.4 Å².